The van der Waals surface area contributed by atoms with Crippen LogP contribution in [0.25, 0.3) is 0 Å². The normalized spacial score (nSPS) is 11.0. The van der Waals surface area contributed by atoms with E-state index in [9.17, 15) is 4.79 Å². The van der Waals surface area contributed by atoms with Crippen LogP contribution in [0.5, 0.6) is 0 Å². The summed E-state index contributed by atoms with van der Waals surface area (Å²) < 4.78 is 5.76. The zero-order chi connectivity index (χ0) is 21.5. The van der Waals surface area contributed by atoms with E-state index in [1.54, 1.807) is 4.90 Å². The molecule has 2 aromatic carbocycles. The molecule has 0 saturated carbocycles. The molecule has 6 nitrogen and oxygen atoms in total. The molecular weight excluding hydrogens is 420 g/mol. The van der Waals surface area contributed by atoms with Crippen molar-refractivity contribution in [2.24, 2.45) is 0 Å². The monoisotopic (exact) mass is 444 g/mol. The van der Waals surface area contributed by atoms with Crippen LogP contribution in [0.3, 0.4) is 0 Å². The van der Waals surface area contributed by atoms with Crippen LogP contribution < -0.4 is 9.80 Å². The average Bonchev–Trinajstić information content (AvgIpc) is 3.19. The van der Waals surface area contributed by atoms with Crippen molar-refractivity contribution in [2.45, 2.75) is 38.6 Å². The zero-order valence-electron chi connectivity index (χ0n) is 17.3. The van der Waals surface area contributed by atoms with Crippen molar-refractivity contribution >= 4 is 40.6 Å². The number of aromatic nitrogens is 2. The molecule has 1 heterocycles. The molecule has 0 N–H and O–H groups in total. The molecule has 3 rings (SSSR count). The first-order chi connectivity index (χ1) is 14.5. The Hall–Kier alpha value is -2.51. The molecule has 0 unspecified atom stereocenters. The van der Waals surface area contributed by atoms with Crippen molar-refractivity contribution < 1.29 is 9.21 Å². The minimum atomic E-state index is -0.00250. The SMILES string of the molecule is CCN(Cc1nnc(SCC(=O)N(c2ccccc2)C(C)C)o1)c1ccc(Cl)cc1. The van der Waals surface area contributed by atoms with E-state index in [0.29, 0.717) is 22.7 Å². The Morgan fingerprint density at radius 1 is 1.07 bits per heavy atom. The minimum Gasteiger partial charge on any atom is -0.414 e. The average molecular weight is 445 g/mol. The maximum atomic E-state index is 12.8. The molecule has 3 aromatic rings. The number of nitrogens with zero attached hydrogens (tertiary/aromatic N) is 4. The van der Waals surface area contributed by atoms with Crippen LogP contribution in [-0.2, 0) is 11.3 Å². The van der Waals surface area contributed by atoms with Gasteiger partial charge in [-0.1, -0.05) is 41.6 Å². The van der Waals surface area contributed by atoms with E-state index in [1.807, 2.05) is 68.4 Å². The van der Waals surface area contributed by atoms with Gasteiger partial charge in [-0.15, -0.1) is 10.2 Å². The van der Waals surface area contributed by atoms with Crippen LogP contribution in [0.1, 0.15) is 26.7 Å². The fourth-order valence-electron chi connectivity index (χ4n) is 3.07. The third-order valence-corrected chi connectivity index (χ3v) is 5.54. The number of para-hydroxylation sites is 1. The summed E-state index contributed by atoms with van der Waals surface area (Å²) in [5, 5.41) is 9.31. The van der Waals surface area contributed by atoms with Gasteiger partial charge in [0.1, 0.15) is 0 Å². The number of benzene rings is 2. The van der Waals surface area contributed by atoms with Gasteiger partial charge in [-0.05, 0) is 57.2 Å². The van der Waals surface area contributed by atoms with Gasteiger partial charge in [0.25, 0.3) is 5.22 Å². The summed E-state index contributed by atoms with van der Waals surface area (Å²) in [4.78, 5) is 16.7. The molecule has 0 atom stereocenters. The number of carbonyl (C=O) groups excluding carboxylic acids is 1. The van der Waals surface area contributed by atoms with Gasteiger partial charge in [0.15, 0.2) is 0 Å². The van der Waals surface area contributed by atoms with Crippen molar-refractivity contribution in [1.82, 2.24) is 10.2 Å². The molecule has 0 aliphatic rings. The minimum absolute atomic E-state index is 0.00250. The number of rotatable bonds is 9. The van der Waals surface area contributed by atoms with Crippen molar-refractivity contribution in [1.29, 1.82) is 0 Å². The summed E-state index contributed by atoms with van der Waals surface area (Å²) in [5.41, 5.74) is 1.91. The van der Waals surface area contributed by atoms with E-state index in [0.717, 1.165) is 17.9 Å². The number of carbonyl (C=O) groups is 1. The summed E-state index contributed by atoms with van der Waals surface area (Å²) in [6.07, 6.45) is 0. The Morgan fingerprint density at radius 3 is 2.40 bits per heavy atom. The van der Waals surface area contributed by atoms with Crippen LogP contribution in [0.2, 0.25) is 5.02 Å². The van der Waals surface area contributed by atoms with E-state index in [2.05, 4.69) is 22.0 Å². The number of thioether (sulfide) groups is 1. The third kappa shape index (κ3) is 5.77. The van der Waals surface area contributed by atoms with Gasteiger partial charge >= 0.3 is 0 Å². The maximum Gasteiger partial charge on any atom is 0.277 e. The Kier molecular flexibility index (Phi) is 7.76. The third-order valence-electron chi connectivity index (χ3n) is 4.49. The summed E-state index contributed by atoms with van der Waals surface area (Å²) >= 11 is 7.23. The zero-order valence-corrected chi connectivity index (χ0v) is 18.9. The number of halogens is 1. The molecule has 0 aliphatic carbocycles. The molecule has 0 bridgehead atoms. The van der Waals surface area contributed by atoms with E-state index in [-0.39, 0.29) is 17.7 Å². The van der Waals surface area contributed by atoms with E-state index >= 15 is 0 Å². The lowest BCUT2D eigenvalue weighted by Gasteiger charge is -2.26. The smallest absolute Gasteiger partial charge is 0.277 e. The van der Waals surface area contributed by atoms with Gasteiger partial charge in [-0.2, -0.15) is 0 Å². The summed E-state index contributed by atoms with van der Waals surface area (Å²) in [6, 6.07) is 17.3. The highest BCUT2D eigenvalue weighted by Gasteiger charge is 2.20. The van der Waals surface area contributed by atoms with Gasteiger partial charge in [-0.3, -0.25) is 4.79 Å². The molecule has 1 amide bonds. The van der Waals surface area contributed by atoms with Crippen LogP contribution in [0.4, 0.5) is 11.4 Å². The van der Waals surface area contributed by atoms with Crippen molar-refractivity contribution in [3.63, 3.8) is 0 Å². The van der Waals surface area contributed by atoms with Gasteiger partial charge in [-0.25, -0.2) is 0 Å². The molecule has 0 fully saturated rings. The number of anilines is 2. The largest absolute Gasteiger partial charge is 0.414 e. The molecule has 158 valence electrons. The second-order valence-corrected chi connectivity index (χ2v) is 8.30. The molecular formula is C22H25ClN4O2S. The van der Waals surface area contributed by atoms with Gasteiger partial charge in [0.05, 0.1) is 12.3 Å². The quantitative estimate of drug-likeness (QED) is 0.418. The highest BCUT2D eigenvalue weighted by atomic mass is 35.5. The molecule has 1 aromatic heterocycles. The molecule has 0 saturated heterocycles. The fraction of sp³-hybridized carbons (Fsp3) is 0.318. The lowest BCUT2D eigenvalue weighted by atomic mass is 10.2. The topological polar surface area (TPSA) is 62.5 Å². The number of amides is 1. The van der Waals surface area contributed by atoms with E-state index in [4.69, 9.17) is 16.0 Å². The summed E-state index contributed by atoms with van der Waals surface area (Å²) in [5.74, 6) is 0.728. The van der Waals surface area contributed by atoms with Gasteiger partial charge in [0.2, 0.25) is 11.8 Å². The second kappa shape index (κ2) is 10.5. The molecule has 0 aliphatic heterocycles. The molecule has 0 spiro atoms. The number of hydrogen-bond acceptors (Lipinski definition) is 6. The molecule has 30 heavy (non-hydrogen) atoms. The lowest BCUT2D eigenvalue weighted by Crippen LogP contribution is -2.38. The molecule has 0 radical (unpaired) electrons. The van der Waals surface area contributed by atoms with Crippen LogP contribution >= 0.6 is 23.4 Å². The second-order valence-electron chi connectivity index (χ2n) is 6.93. The standard InChI is InChI=1S/C22H25ClN4O2S/c1-4-26(18-12-10-17(23)11-13-18)14-20-24-25-22(29-20)30-15-21(28)27(16(2)3)19-8-6-5-7-9-19/h5-13,16H,4,14-15H2,1-3H3. The maximum absolute atomic E-state index is 12.8. The summed E-state index contributed by atoms with van der Waals surface area (Å²) in [7, 11) is 0. The lowest BCUT2D eigenvalue weighted by molar-refractivity contribution is -0.116. The highest BCUT2D eigenvalue weighted by Crippen LogP contribution is 2.23. The van der Waals surface area contributed by atoms with Crippen LogP contribution in [0.15, 0.2) is 64.2 Å². The first-order valence-corrected chi connectivity index (χ1v) is 11.2. The Labute approximate surface area is 186 Å². The van der Waals surface area contributed by atoms with Crippen LogP contribution in [-0.4, -0.2) is 34.4 Å². The highest BCUT2D eigenvalue weighted by molar-refractivity contribution is 7.99. The van der Waals surface area contributed by atoms with Gasteiger partial charge < -0.3 is 14.2 Å². The van der Waals surface area contributed by atoms with Crippen LogP contribution in [0, 0.1) is 0 Å². The first-order valence-electron chi connectivity index (χ1n) is 9.80. The Balaban J connectivity index is 1.60. The number of hydrogen-bond donors (Lipinski definition) is 0. The predicted molar refractivity (Wildman–Crippen MR) is 122 cm³/mol. The van der Waals surface area contributed by atoms with Gasteiger partial charge in [0, 0.05) is 29.0 Å². The van der Waals surface area contributed by atoms with Crippen molar-refractivity contribution in [3.8, 4) is 0 Å². The predicted octanol–water partition coefficient (Wildman–Crippen LogP) is 5.28. The summed E-state index contributed by atoms with van der Waals surface area (Å²) in [6.45, 7) is 7.32. The van der Waals surface area contributed by atoms with E-state index in [1.165, 1.54) is 11.8 Å². The van der Waals surface area contributed by atoms with Crippen molar-refractivity contribution in [3.05, 3.63) is 65.5 Å². The first kappa shape index (κ1) is 22.2. The molecule has 8 heteroatoms. The fourth-order valence-corrected chi connectivity index (χ4v) is 3.84. The Morgan fingerprint density at radius 2 is 1.77 bits per heavy atom. The Bertz CT molecular complexity index is 947. The van der Waals surface area contributed by atoms with E-state index < -0.39 is 0 Å². The van der Waals surface area contributed by atoms with Crippen molar-refractivity contribution in [2.75, 3.05) is 22.1 Å².